The number of fused-ring (bicyclic) bond motifs is 3. The van der Waals surface area contributed by atoms with Crippen molar-refractivity contribution >= 4 is 73.5 Å². The number of carbonyl (C=O) groups is 3. The molecule has 9 aromatic rings. The topological polar surface area (TPSA) is 170 Å². The fourth-order valence-electron chi connectivity index (χ4n) is 9.84. The van der Waals surface area contributed by atoms with Gasteiger partial charge < -0.3 is 32.3 Å². The van der Waals surface area contributed by atoms with Crippen LogP contribution in [0.15, 0.2) is 125 Å². The Morgan fingerprint density at radius 3 is 1.30 bits per heavy atom. The second-order valence-electron chi connectivity index (χ2n) is 22.6. The quantitative estimate of drug-likeness (QED) is 0.0840. The number of hydrogen-bond donors (Lipinski definition) is 0. The lowest BCUT2D eigenvalue weighted by Gasteiger charge is -2.19. The van der Waals surface area contributed by atoms with Gasteiger partial charge in [-0.05, 0) is 181 Å². The molecule has 3 aromatic heterocycles. The largest absolute Gasteiger partial charge is 0.488 e. The van der Waals surface area contributed by atoms with E-state index in [9.17, 15) is 28.8 Å². The van der Waals surface area contributed by atoms with Gasteiger partial charge in [-0.3, -0.25) is 9.59 Å². The highest BCUT2D eigenvalue weighted by molar-refractivity contribution is 6.42. The maximum absolute atomic E-state index is 12.5. The van der Waals surface area contributed by atoms with Crippen molar-refractivity contribution in [2.75, 3.05) is 0 Å². The Bertz CT molecular complexity index is 4170. The van der Waals surface area contributed by atoms with Crippen LogP contribution in [0.25, 0.3) is 32.9 Å². The monoisotopic (exact) mass is 1170 g/mol. The van der Waals surface area contributed by atoms with Crippen molar-refractivity contribution in [2.24, 2.45) is 0 Å². The van der Waals surface area contributed by atoms with Crippen LogP contribution in [0.5, 0.6) is 17.2 Å². The number of aryl methyl sites for hydroxylation is 8. The van der Waals surface area contributed by atoms with E-state index in [2.05, 4.69) is 77.1 Å². The summed E-state index contributed by atoms with van der Waals surface area (Å²) < 4.78 is 34.6. The van der Waals surface area contributed by atoms with E-state index in [1.165, 1.54) is 37.5 Å². The number of halogens is 2. The molecule has 0 saturated carbocycles. The molecule has 0 aliphatic rings. The first-order valence-corrected chi connectivity index (χ1v) is 28.5. The Hall–Kier alpha value is -8.06. The normalized spacial score (nSPS) is 11.2. The summed E-state index contributed by atoms with van der Waals surface area (Å²) in [6.07, 6.45) is 0.904. The molecular formula is C70H72Cl2O12. The predicted molar refractivity (Wildman–Crippen MR) is 334 cm³/mol. The summed E-state index contributed by atoms with van der Waals surface area (Å²) in [5, 5.41) is 3.47. The van der Waals surface area contributed by atoms with Crippen LogP contribution >= 0.6 is 23.2 Å². The zero-order valence-electron chi connectivity index (χ0n) is 50.3. The van der Waals surface area contributed by atoms with Gasteiger partial charge in [0.15, 0.2) is 0 Å². The van der Waals surface area contributed by atoms with Crippen LogP contribution in [0.3, 0.4) is 0 Å². The van der Waals surface area contributed by atoms with Crippen molar-refractivity contribution < 1.29 is 41.8 Å². The zero-order valence-corrected chi connectivity index (χ0v) is 51.9. The Morgan fingerprint density at radius 1 is 0.452 bits per heavy atom. The first-order valence-electron chi connectivity index (χ1n) is 27.8. The number of ether oxygens (including phenoxy) is 3. The van der Waals surface area contributed by atoms with Crippen LogP contribution in [0.1, 0.15) is 131 Å². The summed E-state index contributed by atoms with van der Waals surface area (Å²) in [6.45, 7) is 27.5. The van der Waals surface area contributed by atoms with Crippen LogP contribution in [-0.2, 0) is 58.9 Å². The lowest BCUT2D eigenvalue weighted by Crippen LogP contribution is -2.14. The third-order valence-corrected chi connectivity index (χ3v) is 15.8. The molecule has 9 rings (SSSR count). The highest BCUT2D eigenvalue weighted by Crippen LogP contribution is 2.34. The number of rotatable bonds is 16. The van der Waals surface area contributed by atoms with Crippen molar-refractivity contribution in [3.8, 4) is 17.2 Å². The highest BCUT2D eigenvalue weighted by Gasteiger charge is 2.20. The van der Waals surface area contributed by atoms with Gasteiger partial charge in [-0.25, -0.2) is 14.4 Å². The molecule has 6 aromatic carbocycles. The van der Waals surface area contributed by atoms with Gasteiger partial charge in [-0.1, -0.05) is 98.1 Å². The summed E-state index contributed by atoms with van der Waals surface area (Å²) in [7, 11) is 0. The molecule has 3 heterocycles. The highest BCUT2D eigenvalue weighted by atomic mass is 35.5. The molecule has 0 spiro atoms. The van der Waals surface area contributed by atoms with Gasteiger partial charge in [-0.15, -0.1) is 0 Å². The van der Waals surface area contributed by atoms with E-state index in [0.29, 0.717) is 93.4 Å². The minimum absolute atomic E-state index is 0.0604. The Morgan fingerprint density at radius 2 is 0.869 bits per heavy atom. The molecule has 0 unspecified atom stereocenters. The molecule has 0 N–H and O–H groups in total. The van der Waals surface area contributed by atoms with Crippen LogP contribution < -0.4 is 31.1 Å². The number of hydrogen-bond acceptors (Lipinski definition) is 12. The summed E-state index contributed by atoms with van der Waals surface area (Å²) in [4.78, 5) is 71.4. The van der Waals surface area contributed by atoms with Crippen molar-refractivity contribution in [1.82, 2.24) is 0 Å². The molecule has 0 aliphatic heterocycles. The molecule has 14 heteroatoms. The van der Waals surface area contributed by atoms with E-state index in [1.54, 1.807) is 12.1 Å². The van der Waals surface area contributed by atoms with Gasteiger partial charge >= 0.3 is 16.9 Å². The molecule has 0 amide bonds. The first-order chi connectivity index (χ1) is 39.6. The number of benzene rings is 6. The molecule has 0 bridgehead atoms. The molecular weight excluding hydrogens is 1100 g/mol. The predicted octanol–water partition coefficient (Wildman–Crippen LogP) is 16.0. The Balaban J connectivity index is 0.000000181. The average molecular weight is 1180 g/mol. The van der Waals surface area contributed by atoms with E-state index in [0.717, 1.165) is 66.2 Å². The van der Waals surface area contributed by atoms with Gasteiger partial charge in [0.05, 0.1) is 10.0 Å². The van der Waals surface area contributed by atoms with Gasteiger partial charge in [0.2, 0.25) is 0 Å². The number of carbonyl (C=O) groups excluding carboxylic acids is 3. The first kappa shape index (κ1) is 63.5. The molecule has 0 aliphatic carbocycles. The summed E-state index contributed by atoms with van der Waals surface area (Å²) >= 11 is 12.0. The summed E-state index contributed by atoms with van der Waals surface area (Å²) in [5.41, 5.74) is 13.2. The fourth-order valence-corrected chi connectivity index (χ4v) is 10.2. The Kier molecular flexibility index (Phi) is 20.5. The van der Waals surface area contributed by atoms with Crippen molar-refractivity contribution in [3.05, 3.63) is 222 Å². The van der Waals surface area contributed by atoms with Crippen LogP contribution in [0.4, 0.5) is 0 Å². The molecule has 0 saturated heterocycles. The molecule has 0 fully saturated rings. The van der Waals surface area contributed by atoms with Gasteiger partial charge in [0, 0.05) is 68.8 Å². The third-order valence-electron chi connectivity index (χ3n) is 15.0. The van der Waals surface area contributed by atoms with Crippen LogP contribution in [0.2, 0.25) is 10.0 Å². The lowest BCUT2D eigenvalue weighted by atomic mass is 9.87. The lowest BCUT2D eigenvalue weighted by molar-refractivity contribution is -0.117. The SMILES string of the molecule is CC(=O)CCc1c(C)c2ccc(OCc3cc(C)ccc3C)c(C)c2oc1=O.CC(=O)Cc1c(C)c2ccc(OCc3ccc(C(C)(C)C)cc3)c(C)c2oc1=O.CC(=O)Cc1c(C)c2ccc(OCc3ccc(Cl)c(Cl)c3)c(C)c2oc1=O. The second kappa shape index (κ2) is 27.1. The van der Waals surface area contributed by atoms with Gasteiger partial charge in [-0.2, -0.15) is 0 Å². The summed E-state index contributed by atoms with van der Waals surface area (Å²) in [6, 6.07) is 31.3. The molecule has 0 radical (unpaired) electrons. The van der Waals surface area contributed by atoms with Crippen LogP contribution in [-0.4, -0.2) is 17.3 Å². The van der Waals surface area contributed by atoms with Gasteiger partial charge in [0.1, 0.15) is 71.2 Å². The van der Waals surface area contributed by atoms with Crippen molar-refractivity contribution in [2.45, 2.75) is 148 Å². The van der Waals surface area contributed by atoms with Crippen LogP contribution in [0, 0.1) is 55.4 Å². The zero-order chi connectivity index (χ0) is 61.5. The van der Waals surface area contributed by atoms with E-state index < -0.39 is 11.3 Å². The maximum atomic E-state index is 12.5. The smallest absolute Gasteiger partial charge is 0.340 e. The molecule has 84 heavy (non-hydrogen) atoms. The van der Waals surface area contributed by atoms with Crippen molar-refractivity contribution in [1.29, 1.82) is 0 Å². The Labute approximate surface area is 499 Å². The van der Waals surface area contributed by atoms with Gasteiger partial charge in [0.25, 0.3) is 0 Å². The fraction of sp³-hybridized carbons (Fsp3) is 0.314. The average Bonchev–Trinajstić information content (AvgIpc) is 1.76. The minimum atomic E-state index is -0.486. The number of Topliss-reactive ketones (excluding diaryl/α,β-unsaturated/α-hetero) is 3. The summed E-state index contributed by atoms with van der Waals surface area (Å²) in [5.74, 6) is 1.91. The third kappa shape index (κ3) is 15.2. The minimum Gasteiger partial charge on any atom is -0.488 e. The molecule has 12 nitrogen and oxygen atoms in total. The molecule has 0 atom stereocenters. The maximum Gasteiger partial charge on any atom is 0.340 e. The van der Waals surface area contributed by atoms with E-state index >= 15 is 0 Å². The standard InChI is InChI=1S/C25H28O4.C24H26O4.C21H18Cl2O4/c1-15(26)13-21-16(2)20-11-12-22(17(3)23(20)29-24(21)27)28-14-18-7-9-19(10-8-18)25(4,5)6;1-14-6-7-15(2)19(12-14)13-27-22-11-10-20-17(4)21(9-8-16(3)25)24(26)28-23(20)18(22)5;1-11(24)8-16-12(2)15-5-7-19(13(3)20(15)27-21(16)25)26-10-14-4-6-17(22)18(23)9-14/h7-12H,13-14H2,1-6H3;6-7,10-12H,8-9,13H2,1-5H3;4-7,9H,8,10H2,1-3H3. The molecule has 438 valence electrons. The van der Waals surface area contributed by atoms with Crippen molar-refractivity contribution in [3.63, 3.8) is 0 Å². The van der Waals surface area contributed by atoms with E-state index in [4.69, 9.17) is 50.7 Å². The van der Waals surface area contributed by atoms with E-state index in [-0.39, 0.29) is 41.2 Å². The second-order valence-corrected chi connectivity index (χ2v) is 23.4. The van der Waals surface area contributed by atoms with E-state index in [1.807, 2.05) is 84.0 Å². The number of ketones is 3.